The van der Waals surface area contributed by atoms with Crippen LogP contribution in [0.1, 0.15) is 18.5 Å². The number of halogens is 1. The Bertz CT molecular complexity index is 360. The molecule has 0 bridgehead atoms. The molecular formula is C12H18ClNO3. The first-order valence-corrected chi connectivity index (χ1v) is 5.84. The Morgan fingerprint density at radius 3 is 2.76 bits per heavy atom. The molecule has 17 heavy (non-hydrogen) atoms. The van der Waals surface area contributed by atoms with E-state index in [0.29, 0.717) is 10.8 Å². The summed E-state index contributed by atoms with van der Waals surface area (Å²) >= 11 is 5.94. The van der Waals surface area contributed by atoms with Crippen LogP contribution in [0, 0.1) is 0 Å². The number of ether oxygens (including phenoxy) is 1. The maximum absolute atomic E-state index is 9.24. The summed E-state index contributed by atoms with van der Waals surface area (Å²) in [6.45, 7) is 1.73. The summed E-state index contributed by atoms with van der Waals surface area (Å²) in [5.41, 5.74) is 0.921. The minimum Gasteiger partial charge on any atom is -0.490 e. The first-order chi connectivity index (χ1) is 8.08. The molecule has 96 valence electrons. The van der Waals surface area contributed by atoms with E-state index in [1.54, 1.807) is 12.1 Å². The Morgan fingerprint density at radius 2 is 2.18 bits per heavy atom. The molecule has 5 heteroatoms. The normalized spacial score (nSPS) is 14.4. The van der Waals surface area contributed by atoms with E-state index in [1.807, 2.05) is 20.0 Å². The van der Waals surface area contributed by atoms with Crippen molar-refractivity contribution in [3.8, 4) is 5.75 Å². The van der Waals surface area contributed by atoms with Gasteiger partial charge < -0.3 is 20.3 Å². The number of hydrogen-bond acceptors (Lipinski definition) is 4. The van der Waals surface area contributed by atoms with Crippen LogP contribution in [0.4, 0.5) is 0 Å². The highest BCUT2D eigenvalue weighted by atomic mass is 35.5. The van der Waals surface area contributed by atoms with Crippen molar-refractivity contribution < 1.29 is 14.9 Å². The summed E-state index contributed by atoms with van der Waals surface area (Å²) in [6.07, 6.45) is -0.872. The summed E-state index contributed by atoms with van der Waals surface area (Å²) in [5.74, 6) is 0.656. The lowest BCUT2D eigenvalue weighted by Gasteiger charge is -2.18. The van der Waals surface area contributed by atoms with Gasteiger partial charge in [0.25, 0.3) is 0 Å². The van der Waals surface area contributed by atoms with Gasteiger partial charge >= 0.3 is 0 Å². The molecule has 0 saturated heterocycles. The molecule has 0 spiro atoms. The molecule has 2 unspecified atom stereocenters. The quantitative estimate of drug-likeness (QED) is 0.722. The molecule has 0 saturated carbocycles. The molecule has 4 nitrogen and oxygen atoms in total. The highest BCUT2D eigenvalue weighted by molar-refractivity contribution is 6.30. The van der Waals surface area contributed by atoms with Gasteiger partial charge in [0.15, 0.2) is 0 Å². The van der Waals surface area contributed by atoms with Gasteiger partial charge in [-0.25, -0.2) is 0 Å². The standard InChI is InChI=1S/C12H18ClNO3/c1-8(14-2)11-5-9(13)3-4-12(11)17-7-10(16)6-15/h3-5,8,10,14-16H,6-7H2,1-2H3. The first kappa shape index (κ1) is 14.3. The lowest BCUT2D eigenvalue weighted by Crippen LogP contribution is -2.22. The van der Waals surface area contributed by atoms with E-state index in [-0.39, 0.29) is 19.3 Å². The lowest BCUT2D eigenvalue weighted by atomic mass is 10.1. The minimum absolute atomic E-state index is 0.0571. The Kier molecular flexibility index (Phi) is 5.71. The summed E-state index contributed by atoms with van der Waals surface area (Å²) < 4.78 is 5.46. The molecule has 0 aliphatic heterocycles. The Labute approximate surface area is 106 Å². The highest BCUT2D eigenvalue weighted by Crippen LogP contribution is 2.28. The molecule has 1 rings (SSSR count). The predicted octanol–water partition coefficient (Wildman–Crippen LogP) is 1.35. The largest absolute Gasteiger partial charge is 0.490 e. The zero-order valence-corrected chi connectivity index (χ0v) is 10.7. The van der Waals surface area contributed by atoms with Gasteiger partial charge in [-0.2, -0.15) is 0 Å². The molecule has 0 aliphatic carbocycles. The predicted molar refractivity (Wildman–Crippen MR) is 67.5 cm³/mol. The third-order valence-electron chi connectivity index (χ3n) is 2.51. The third-order valence-corrected chi connectivity index (χ3v) is 2.75. The molecule has 3 N–H and O–H groups in total. The number of nitrogens with one attached hydrogen (secondary N) is 1. The van der Waals surface area contributed by atoms with Crippen molar-refractivity contribution in [2.24, 2.45) is 0 Å². The summed E-state index contributed by atoms with van der Waals surface area (Å²) in [6, 6.07) is 5.41. The van der Waals surface area contributed by atoms with E-state index in [9.17, 15) is 5.11 Å². The lowest BCUT2D eigenvalue weighted by molar-refractivity contribution is 0.0531. The third kappa shape index (κ3) is 4.16. The number of rotatable bonds is 6. The fourth-order valence-corrected chi connectivity index (χ4v) is 1.56. The molecular weight excluding hydrogens is 242 g/mol. The second-order valence-electron chi connectivity index (χ2n) is 3.84. The van der Waals surface area contributed by atoms with Gasteiger partial charge in [0.05, 0.1) is 6.61 Å². The monoisotopic (exact) mass is 259 g/mol. The van der Waals surface area contributed by atoms with Crippen LogP contribution in [-0.4, -0.2) is 36.6 Å². The van der Waals surface area contributed by atoms with Crippen LogP contribution in [0.25, 0.3) is 0 Å². The second kappa shape index (κ2) is 6.81. The molecule has 2 atom stereocenters. The van der Waals surface area contributed by atoms with Crippen LogP contribution in [0.2, 0.25) is 5.02 Å². The molecule has 0 amide bonds. The summed E-state index contributed by atoms with van der Waals surface area (Å²) in [5, 5.41) is 21.7. The topological polar surface area (TPSA) is 61.7 Å². The van der Waals surface area contributed by atoms with Crippen LogP contribution in [0.3, 0.4) is 0 Å². The van der Waals surface area contributed by atoms with Crippen molar-refractivity contribution in [2.45, 2.75) is 19.1 Å². The zero-order valence-electron chi connectivity index (χ0n) is 9.98. The van der Waals surface area contributed by atoms with E-state index in [0.717, 1.165) is 5.56 Å². The van der Waals surface area contributed by atoms with Crippen molar-refractivity contribution in [2.75, 3.05) is 20.3 Å². The van der Waals surface area contributed by atoms with Gasteiger partial charge in [0, 0.05) is 16.6 Å². The van der Waals surface area contributed by atoms with Gasteiger partial charge in [0.1, 0.15) is 18.5 Å². The maximum Gasteiger partial charge on any atom is 0.124 e. The van der Waals surface area contributed by atoms with E-state index in [2.05, 4.69) is 5.32 Å². The number of aliphatic hydroxyl groups is 2. The summed E-state index contributed by atoms with van der Waals surface area (Å²) in [4.78, 5) is 0. The van der Waals surface area contributed by atoms with Crippen molar-refractivity contribution in [1.29, 1.82) is 0 Å². The van der Waals surface area contributed by atoms with Crippen molar-refractivity contribution in [1.82, 2.24) is 5.32 Å². The smallest absolute Gasteiger partial charge is 0.124 e. The van der Waals surface area contributed by atoms with Gasteiger partial charge in [-0.15, -0.1) is 0 Å². The molecule has 0 heterocycles. The van der Waals surface area contributed by atoms with E-state index in [4.69, 9.17) is 21.4 Å². The van der Waals surface area contributed by atoms with Gasteiger partial charge in [-0.3, -0.25) is 0 Å². The number of hydrogen-bond donors (Lipinski definition) is 3. The molecule has 0 aromatic heterocycles. The maximum atomic E-state index is 9.24. The average Bonchev–Trinajstić information content (AvgIpc) is 2.35. The Morgan fingerprint density at radius 1 is 1.47 bits per heavy atom. The van der Waals surface area contributed by atoms with Crippen molar-refractivity contribution in [3.63, 3.8) is 0 Å². The van der Waals surface area contributed by atoms with E-state index in [1.165, 1.54) is 0 Å². The molecule has 1 aromatic carbocycles. The van der Waals surface area contributed by atoms with Crippen molar-refractivity contribution in [3.05, 3.63) is 28.8 Å². The molecule has 1 aromatic rings. The van der Waals surface area contributed by atoms with Crippen LogP contribution in [-0.2, 0) is 0 Å². The van der Waals surface area contributed by atoms with Gasteiger partial charge in [0.2, 0.25) is 0 Å². The van der Waals surface area contributed by atoms with Gasteiger partial charge in [-0.1, -0.05) is 11.6 Å². The fourth-order valence-electron chi connectivity index (χ4n) is 1.38. The first-order valence-electron chi connectivity index (χ1n) is 5.47. The van der Waals surface area contributed by atoms with Gasteiger partial charge in [-0.05, 0) is 32.2 Å². The Balaban J connectivity index is 2.83. The SMILES string of the molecule is CNC(C)c1cc(Cl)ccc1OCC(O)CO. The number of aliphatic hydroxyl groups excluding tert-OH is 2. The zero-order chi connectivity index (χ0) is 12.8. The highest BCUT2D eigenvalue weighted by Gasteiger charge is 2.12. The number of benzene rings is 1. The van der Waals surface area contributed by atoms with Crippen molar-refractivity contribution >= 4 is 11.6 Å². The van der Waals surface area contributed by atoms with Crippen LogP contribution in [0.15, 0.2) is 18.2 Å². The van der Waals surface area contributed by atoms with Crippen LogP contribution >= 0.6 is 11.6 Å². The van der Waals surface area contributed by atoms with E-state index < -0.39 is 6.10 Å². The molecule has 0 fully saturated rings. The van der Waals surface area contributed by atoms with Crippen LogP contribution in [0.5, 0.6) is 5.75 Å². The van der Waals surface area contributed by atoms with Crippen LogP contribution < -0.4 is 10.1 Å². The molecule has 0 aliphatic rings. The second-order valence-corrected chi connectivity index (χ2v) is 4.28. The fraction of sp³-hybridized carbons (Fsp3) is 0.500. The minimum atomic E-state index is -0.872. The molecule has 0 radical (unpaired) electrons. The Hall–Kier alpha value is -0.810. The van der Waals surface area contributed by atoms with E-state index >= 15 is 0 Å². The summed E-state index contributed by atoms with van der Waals surface area (Å²) in [7, 11) is 1.85. The average molecular weight is 260 g/mol.